The van der Waals surface area contributed by atoms with Crippen LogP contribution in [0.15, 0.2) is 24.3 Å². The fourth-order valence-electron chi connectivity index (χ4n) is 2.73. The molecule has 0 amide bonds. The molecule has 0 radical (unpaired) electrons. The number of nitrogen functional groups attached to an aromatic ring is 1. The van der Waals surface area contributed by atoms with Crippen molar-refractivity contribution in [2.24, 2.45) is 0 Å². The number of aliphatic hydroxyl groups excluding tert-OH is 1. The lowest BCUT2D eigenvalue weighted by Crippen LogP contribution is -2.24. The Balaban J connectivity index is 2.31. The van der Waals surface area contributed by atoms with Crippen LogP contribution >= 0.6 is 0 Å². The average Bonchev–Trinajstić information content (AvgIpc) is 2.53. The maximum absolute atomic E-state index is 12.8. The minimum Gasteiger partial charge on any atom is -0.507 e. The van der Waals surface area contributed by atoms with Gasteiger partial charge in [0.05, 0.1) is 28.9 Å². The van der Waals surface area contributed by atoms with Gasteiger partial charge in [0, 0.05) is 17.9 Å². The Morgan fingerprint density at radius 2 is 1.43 bits per heavy atom. The van der Waals surface area contributed by atoms with Crippen LogP contribution in [0.2, 0.25) is 0 Å². The molecule has 0 aliphatic heterocycles. The monoisotopic (exact) mass is 314 g/mol. The summed E-state index contributed by atoms with van der Waals surface area (Å²) in [6, 6.07) is 5.29. The predicted molar refractivity (Wildman–Crippen MR) is 83.1 cm³/mol. The Bertz CT molecular complexity index is 845. The van der Waals surface area contributed by atoms with Crippen molar-refractivity contribution in [3.8, 4) is 11.5 Å². The summed E-state index contributed by atoms with van der Waals surface area (Å²) >= 11 is 0. The second kappa shape index (κ2) is 5.29. The fraction of sp³-hybridized carbons (Fsp3) is 0.125. The number of aromatic hydroxyl groups is 2. The number of carbonyl (C=O) groups is 2. The molecule has 0 aromatic heterocycles. The van der Waals surface area contributed by atoms with Crippen molar-refractivity contribution in [1.82, 2.24) is 0 Å². The molecule has 23 heavy (non-hydrogen) atoms. The van der Waals surface area contributed by atoms with Crippen LogP contribution in [-0.4, -0.2) is 40.0 Å². The lowest BCUT2D eigenvalue weighted by atomic mass is 9.81. The second-order valence-electron chi connectivity index (χ2n) is 5.11. The molecule has 0 fully saturated rings. The van der Waals surface area contributed by atoms with E-state index in [4.69, 9.17) is 10.8 Å². The van der Waals surface area contributed by atoms with Crippen molar-refractivity contribution in [2.75, 3.05) is 24.2 Å². The van der Waals surface area contributed by atoms with E-state index in [0.29, 0.717) is 5.69 Å². The Hall–Kier alpha value is -3.06. The number of hydrogen-bond acceptors (Lipinski definition) is 7. The molecule has 2 aromatic rings. The molecular weight excluding hydrogens is 300 g/mol. The first-order chi connectivity index (χ1) is 11.0. The topological polar surface area (TPSA) is 133 Å². The van der Waals surface area contributed by atoms with E-state index in [2.05, 4.69) is 5.32 Å². The first-order valence-electron chi connectivity index (χ1n) is 6.89. The summed E-state index contributed by atoms with van der Waals surface area (Å²) in [5, 5.41) is 31.7. The quantitative estimate of drug-likeness (QED) is 0.357. The van der Waals surface area contributed by atoms with E-state index in [0.717, 1.165) is 12.1 Å². The maximum Gasteiger partial charge on any atom is 0.200 e. The van der Waals surface area contributed by atoms with Crippen molar-refractivity contribution in [3.63, 3.8) is 0 Å². The molecule has 0 saturated heterocycles. The Morgan fingerprint density at radius 1 is 0.870 bits per heavy atom. The number of ketones is 2. The third-order valence-electron chi connectivity index (χ3n) is 3.73. The number of benzene rings is 2. The number of nitrogens with one attached hydrogen (secondary N) is 1. The van der Waals surface area contributed by atoms with E-state index in [-0.39, 0.29) is 41.1 Å². The summed E-state index contributed by atoms with van der Waals surface area (Å²) in [6.45, 7) is 0.0145. The largest absolute Gasteiger partial charge is 0.507 e. The van der Waals surface area contributed by atoms with Crippen LogP contribution in [0.5, 0.6) is 11.5 Å². The van der Waals surface area contributed by atoms with Gasteiger partial charge in [-0.05, 0) is 24.3 Å². The summed E-state index contributed by atoms with van der Waals surface area (Å²) in [6.07, 6.45) is 0. The number of fused-ring (bicyclic) bond motifs is 2. The first-order valence-corrected chi connectivity index (χ1v) is 6.89. The summed E-state index contributed by atoms with van der Waals surface area (Å²) in [7, 11) is 0. The minimum absolute atomic E-state index is 0.0219. The molecule has 7 heteroatoms. The molecule has 7 nitrogen and oxygen atoms in total. The molecule has 2 aromatic carbocycles. The number of carbonyl (C=O) groups excluding carboxylic acids is 2. The molecule has 0 unspecified atom stereocenters. The highest BCUT2D eigenvalue weighted by molar-refractivity contribution is 6.33. The van der Waals surface area contributed by atoms with Crippen LogP contribution in [0.1, 0.15) is 31.8 Å². The lowest BCUT2D eigenvalue weighted by molar-refractivity contribution is 0.0975. The third kappa shape index (κ3) is 2.09. The van der Waals surface area contributed by atoms with E-state index in [9.17, 15) is 19.8 Å². The van der Waals surface area contributed by atoms with Gasteiger partial charge in [0.1, 0.15) is 11.5 Å². The number of nitrogens with two attached hydrogens (primary N) is 1. The summed E-state index contributed by atoms with van der Waals surface area (Å²) < 4.78 is 0. The number of rotatable bonds is 3. The maximum atomic E-state index is 12.8. The highest BCUT2D eigenvalue weighted by Crippen LogP contribution is 2.41. The van der Waals surface area contributed by atoms with Crippen LogP contribution < -0.4 is 11.1 Å². The van der Waals surface area contributed by atoms with Crippen molar-refractivity contribution in [3.05, 3.63) is 46.5 Å². The zero-order valence-electron chi connectivity index (χ0n) is 12.0. The molecule has 6 N–H and O–H groups in total. The van der Waals surface area contributed by atoms with Gasteiger partial charge in [-0.3, -0.25) is 9.59 Å². The number of hydrogen-bond donors (Lipinski definition) is 5. The van der Waals surface area contributed by atoms with Crippen molar-refractivity contribution in [2.45, 2.75) is 0 Å². The van der Waals surface area contributed by atoms with Gasteiger partial charge >= 0.3 is 0 Å². The fourth-order valence-corrected chi connectivity index (χ4v) is 2.73. The molecule has 0 bridgehead atoms. The van der Waals surface area contributed by atoms with Gasteiger partial charge in [0.25, 0.3) is 0 Å². The summed E-state index contributed by atoms with van der Waals surface area (Å²) in [5.74, 6) is -2.03. The smallest absolute Gasteiger partial charge is 0.200 e. The SMILES string of the molecule is Nc1ccc(NCCO)c2c1C(=O)c1c(O)ccc(O)c1C2=O. The van der Waals surface area contributed by atoms with Gasteiger partial charge in [-0.2, -0.15) is 0 Å². The van der Waals surface area contributed by atoms with Gasteiger partial charge in [-0.1, -0.05) is 0 Å². The Labute approximate surface area is 131 Å². The van der Waals surface area contributed by atoms with Crippen LogP contribution in [0.3, 0.4) is 0 Å². The molecule has 3 rings (SSSR count). The Morgan fingerprint density at radius 3 is 2.00 bits per heavy atom. The number of phenols is 2. The zero-order valence-corrected chi connectivity index (χ0v) is 12.0. The molecule has 118 valence electrons. The normalized spacial score (nSPS) is 12.7. The van der Waals surface area contributed by atoms with E-state index in [1.165, 1.54) is 12.1 Å². The molecule has 0 saturated carbocycles. The highest BCUT2D eigenvalue weighted by atomic mass is 16.3. The first kappa shape index (κ1) is 14.9. The van der Waals surface area contributed by atoms with Gasteiger partial charge in [0.15, 0.2) is 0 Å². The highest BCUT2D eigenvalue weighted by Gasteiger charge is 2.37. The van der Waals surface area contributed by atoms with Crippen LogP contribution in [0, 0.1) is 0 Å². The number of anilines is 2. The standard InChI is InChI=1S/C16H14N2O5/c17-7-1-2-8(18-5-6-19)12-11(7)15(22)13-9(20)3-4-10(21)14(13)16(12)23/h1-4,18-21H,5-6,17H2. The molecule has 0 heterocycles. The van der Waals surface area contributed by atoms with Gasteiger partial charge in [-0.15, -0.1) is 0 Å². The van der Waals surface area contributed by atoms with Gasteiger partial charge < -0.3 is 26.4 Å². The lowest BCUT2D eigenvalue weighted by Gasteiger charge is -2.23. The van der Waals surface area contributed by atoms with Crippen molar-refractivity contribution < 1.29 is 24.9 Å². The second-order valence-corrected chi connectivity index (χ2v) is 5.11. The molecule has 1 aliphatic rings. The van der Waals surface area contributed by atoms with E-state index in [1.807, 2.05) is 0 Å². The summed E-state index contributed by atoms with van der Waals surface area (Å²) in [4.78, 5) is 25.5. The average molecular weight is 314 g/mol. The minimum atomic E-state index is -0.631. The van der Waals surface area contributed by atoms with Gasteiger partial charge in [-0.25, -0.2) is 0 Å². The number of phenolic OH excluding ortho intramolecular Hbond substituents is 2. The van der Waals surface area contributed by atoms with Crippen LogP contribution in [-0.2, 0) is 0 Å². The van der Waals surface area contributed by atoms with Crippen LogP contribution in [0.25, 0.3) is 0 Å². The van der Waals surface area contributed by atoms with Crippen LogP contribution in [0.4, 0.5) is 11.4 Å². The van der Waals surface area contributed by atoms with E-state index in [1.54, 1.807) is 0 Å². The zero-order chi connectivity index (χ0) is 16.7. The third-order valence-corrected chi connectivity index (χ3v) is 3.73. The van der Waals surface area contributed by atoms with Crippen molar-refractivity contribution in [1.29, 1.82) is 0 Å². The molecule has 0 spiro atoms. The Kier molecular flexibility index (Phi) is 3.42. The summed E-state index contributed by atoms with van der Waals surface area (Å²) in [5.41, 5.74) is 5.77. The van der Waals surface area contributed by atoms with E-state index < -0.39 is 23.1 Å². The number of aliphatic hydroxyl groups is 1. The van der Waals surface area contributed by atoms with Gasteiger partial charge in [0.2, 0.25) is 11.6 Å². The molecule has 0 atom stereocenters. The molecular formula is C16H14N2O5. The molecule has 1 aliphatic carbocycles. The van der Waals surface area contributed by atoms with Crippen molar-refractivity contribution >= 4 is 22.9 Å². The van der Waals surface area contributed by atoms with E-state index >= 15 is 0 Å². The predicted octanol–water partition coefficient (Wildman–Crippen LogP) is 0.860.